The molecule has 0 atom stereocenters. The smallest absolute Gasteiger partial charge is 0.339 e. The molecule has 0 unspecified atom stereocenters. The van der Waals surface area contributed by atoms with Crippen molar-refractivity contribution in [3.8, 4) is 5.40 Å². The molecule has 0 saturated carbocycles. The minimum Gasteiger partial charge on any atom is -0.478 e. The van der Waals surface area contributed by atoms with Crippen LogP contribution in [0.4, 0.5) is 0 Å². The number of aromatic carboxylic acids is 1. The van der Waals surface area contributed by atoms with Gasteiger partial charge >= 0.3 is 15.8 Å². The lowest BCUT2D eigenvalue weighted by Crippen LogP contribution is -1.96. The van der Waals surface area contributed by atoms with E-state index in [2.05, 4.69) is 4.42 Å². The molecule has 7 heteroatoms. The molecule has 74 valence electrons. The van der Waals surface area contributed by atoms with Crippen LogP contribution in [0.1, 0.15) is 16.1 Å². The minimum atomic E-state index is -4.16. The van der Waals surface area contributed by atoms with Crippen LogP contribution < -0.4 is 0 Å². The van der Waals surface area contributed by atoms with E-state index >= 15 is 0 Å². The summed E-state index contributed by atoms with van der Waals surface area (Å²) in [7, 11) is -4.16. The third kappa shape index (κ3) is 1.60. The highest BCUT2D eigenvalue weighted by molar-refractivity contribution is 7.95. The lowest BCUT2D eigenvalue weighted by molar-refractivity contribution is 0.0695. The summed E-state index contributed by atoms with van der Waals surface area (Å²) in [4.78, 5) is 10.5. The first kappa shape index (κ1) is 10.3. The fourth-order valence-corrected chi connectivity index (χ4v) is 1.44. The van der Waals surface area contributed by atoms with E-state index in [9.17, 15) is 13.2 Å². The number of sulfone groups is 1. The lowest BCUT2D eigenvalue weighted by atomic mass is 10.3. The van der Waals surface area contributed by atoms with Crippen molar-refractivity contribution in [3.05, 3.63) is 17.4 Å². The van der Waals surface area contributed by atoms with E-state index in [4.69, 9.17) is 10.4 Å². The molecule has 0 aromatic carbocycles. The Labute approximate surface area is 79.3 Å². The first-order valence-electron chi connectivity index (χ1n) is 3.38. The number of thiocyanates is 1. The van der Waals surface area contributed by atoms with Crippen LogP contribution in [-0.4, -0.2) is 19.5 Å². The predicted octanol–water partition coefficient (Wildman–Crippen LogP) is 0.541. The largest absolute Gasteiger partial charge is 0.478 e. The minimum absolute atomic E-state index is 0.0497. The van der Waals surface area contributed by atoms with Gasteiger partial charge in [-0.05, 0) is 6.92 Å². The average molecular weight is 215 g/mol. The highest BCUT2D eigenvalue weighted by Crippen LogP contribution is 2.19. The summed E-state index contributed by atoms with van der Waals surface area (Å²) in [6.45, 7) is 1.31. The summed E-state index contributed by atoms with van der Waals surface area (Å²) in [6, 6.07) is 0.816. The normalized spacial score (nSPS) is 10.9. The summed E-state index contributed by atoms with van der Waals surface area (Å²) in [6.07, 6.45) is 0. The third-order valence-electron chi connectivity index (χ3n) is 1.51. The van der Waals surface area contributed by atoms with Gasteiger partial charge in [0.15, 0.2) is 0 Å². The van der Waals surface area contributed by atoms with E-state index in [-0.39, 0.29) is 11.3 Å². The van der Waals surface area contributed by atoms with Gasteiger partial charge in [0.05, 0.1) is 0 Å². The standard InChI is InChI=1S/C7H5NO5S/c1-4-5(7(9)10)2-6(13-4)14(11,12)3-8/h2H,1H3,(H,9,10). The zero-order valence-corrected chi connectivity index (χ0v) is 7.83. The number of carboxylic acids is 1. The van der Waals surface area contributed by atoms with Crippen LogP contribution in [0, 0.1) is 17.6 Å². The number of carboxylic acid groups (broad SMARTS) is 1. The average Bonchev–Trinajstić information content (AvgIpc) is 2.48. The molecule has 0 aliphatic heterocycles. The maximum atomic E-state index is 10.9. The Morgan fingerprint density at radius 2 is 2.21 bits per heavy atom. The van der Waals surface area contributed by atoms with E-state index in [1.807, 2.05) is 0 Å². The van der Waals surface area contributed by atoms with Crippen LogP contribution in [0.3, 0.4) is 0 Å². The topological polar surface area (TPSA) is 108 Å². The summed E-state index contributed by atoms with van der Waals surface area (Å²) in [5.74, 6) is -1.35. The van der Waals surface area contributed by atoms with E-state index in [1.54, 1.807) is 0 Å². The van der Waals surface area contributed by atoms with Gasteiger partial charge < -0.3 is 9.52 Å². The van der Waals surface area contributed by atoms with E-state index in [0.717, 1.165) is 11.5 Å². The van der Waals surface area contributed by atoms with Crippen LogP contribution in [-0.2, 0) is 9.84 Å². The van der Waals surface area contributed by atoms with E-state index < -0.39 is 20.9 Å². The summed E-state index contributed by atoms with van der Waals surface area (Å²) in [5, 5.41) is 17.2. The quantitative estimate of drug-likeness (QED) is 0.569. The third-order valence-corrected chi connectivity index (χ3v) is 2.48. The van der Waals surface area contributed by atoms with Crippen molar-refractivity contribution in [2.24, 2.45) is 0 Å². The molecule has 0 aliphatic rings. The molecule has 0 fully saturated rings. The number of nitrogens with zero attached hydrogens (tertiary/aromatic N) is 1. The van der Waals surface area contributed by atoms with Gasteiger partial charge in [-0.1, -0.05) is 0 Å². The van der Waals surface area contributed by atoms with Gasteiger partial charge in [0.25, 0.3) is 0 Å². The number of aryl methyl sites for hydroxylation is 1. The molecule has 0 aliphatic carbocycles. The Morgan fingerprint density at radius 3 is 2.57 bits per heavy atom. The Hall–Kier alpha value is -1.81. The molecule has 0 radical (unpaired) electrons. The molecule has 0 bridgehead atoms. The molecule has 1 heterocycles. The van der Waals surface area contributed by atoms with Gasteiger partial charge in [-0.3, -0.25) is 0 Å². The van der Waals surface area contributed by atoms with Gasteiger partial charge in [0.1, 0.15) is 11.3 Å². The molecule has 1 rings (SSSR count). The molecule has 0 amide bonds. The second-order valence-corrected chi connectivity index (χ2v) is 4.03. The van der Waals surface area contributed by atoms with Crippen molar-refractivity contribution in [2.45, 2.75) is 12.0 Å². The lowest BCUT2D eigenvalue weighted by Gasteiger charge is -1.86. The van der Waals surface area contributed by atoms with Crippen LogP contribution in [0.15, 0.2) is 15.6 Å². The second-order valence-electron chi connectivity index (χ2n) is 2.44. The molecule has 6 nitrogen and oxygen atoms in total. The second kappa shape index (κ2) is 3.16. The summed E-state index contributed by atoms with van der Waals surface area (Å²) < 4.78 is 26.5. The molecule has 14 heavy (non-hydrogen) atoms. The van der Waals surface area contributed by atoms with Gasteiger partial charge in [0.2, 0.25) is 10.5 Å². The highest BCUT2D eigenvalue weighted by atomic mass is 32.2. The Kier molecular flexibility index (Phi) is 2.32. The van der Waals surface area contributed by atoms with Crippen LogP contribution in [0.2, 0.25) is 0 Å². The maximum Gasteiger partial charge on any atom is 0.339 e. The van der Waals surface area contributed by atoms with Gasteiger partial charge in [0, 0.05) is 6.07 Å². The van der Waals surface area contributed by atoms with Gasteiger partial charge in [-0.15, -0.1) is 0 Å². The first-order chi connectivity index (χ1) is 6.38. The Morgan fingerprint density at radius 1 is 1.64 bits per heavy atom. The molecule has 1 N–H and O–H groups in total. The van der Waals surface area contributed by atoms with Crippen LogP contribution >= 0.6 is 0 Å². The van der Waals surface area contributed by atoms with Gasteiger partial charge in [-0.2, -0.15) is 5.26 Å². The molecule has 0 spiro atoms. The zero-order valence-electron chi connectivity index (χ0n) is 7.01. The van der Waals surface area contributed by atoms with Crippen LogP contribution in [0.25, 0.3) is 0 Å². The molecule has 1 aromatic rings. The molecular formula is C7H5NO5S. The number of nitriles is 1. The summed E-state index contributed by atoms with van der Waals surface area (Å²) in [5.41, 5.74) is -0.265. The predicted molar refractivity (Wildman–Crippen MR) is 43.2 cm³/mol. The Balaban J connectivity index is 3.38. The molecule has 1 aromatic heterocycles. The van der Waals surface area contributed by atoms with Gasteiger partial charge in [-0.25, -0.2) is 13.2 Å². The zero-order chi connectivity index (χ0) is 10.9. The Bertz CT molecular complexity index is 519. The number of rotatable bonds is 2. The monoisotopic (exact) mass is 215 g/mol. The fourth-order valence-electron chi connectivity index (χ4n) is 0.845. The van der Waals surface area contributed by atoms with Crippen molar-refractivity contribution in [3.63, 3.8) is 0 Å². The van der Waals surface area contributed by atoms with Crippen molar-refractivity contribution < 1.29 is 22.7 Å². The number of hydrogen-bond donors (Lipinski definition) is 1. The number of hydrogen-bond acceptors (Lipinski definition) is 5. The first-order valence-corrected chi connectivity index (χ1v) is 4.86. The van der Waals surface area contributed by atoms with E-state index in [0.29, 0.717) is 0 Å². The number of carbonyl (C=O) groups is 1. The van der Waals surface area contributed by atoms with Crippen LogP contribution in [0.5, 0.6) is 0 Å². The van der Waals surface area contributed by atoms with Crippen molar-refractivity contribution in [1.82, 2.24) is 0 Å². The molecular weight excluding hydrogens is 210 g/mol. The van der Waals surface area contributed by atoms with E-state index in [1.165, 1.54) is 6.92 Å². The highest BCUT2D eigenvalue weighted by Gasteiger charge is 2.22. The SMILES string of the molecule is Cc1oc(S(=O)(=O)C#N)cc1C(=O)O. The number of furan rings is 1. The summed E-state index contributed by atoms with van der Waals surface area (Å²) >= 11 is 0. The van der Waals surface area contributed by atoms with Crippen molar-refractivity contribution >= 4 is 15.8 Å². The van der Waals surface area contributed by atoms with Crippen molar-refractivity contribution in [2.75, 3.05) is 0 Å². The maximum absolute atomic E-state index is 10.9. The molecule has 0 saturated heterocycles. The van der Waals surface area contributed by atoms with Crippen molar-refractivity contribution in [1.29, 1.82) is 5.26 Å². The fraction of sp³-hybridized carbons (Fsp3) is 0.143.